The highest BCUT2D eigenvalue weighted by Crippen LogP contribution is 2.36. The molecule has 1 N–H and O–H groups in total. The van der Waals surface area contributed by atoms with Crippen molar-refractivity contribution in [3.63, 3.8) is 0 Å². The van der Waals surface area contributed by atoms with Gasteiger partial charge in [-0.3, -0.25) is 14.5 Å². The second kappa shape index (κ2) is 8.30. The van der Waals surface area contributed by atoms with Crippen LogP contribution >= 0.6 is 23.2 Å². The number of rotatable bonds is 6. The average molecular weight is 448 g/mol. The van der Waals surface area contributed by atoms with Gasteiger partial charge in [-0.15, -0.1) is 0 Å². The van der Waals surface area contributed by atoms with E-state index in [1.54, 1.807) is 24.3 Å². The van der Waals surface area contributed by atoms with Gasteiger partial charge in [-0.25, -0.2) is 0 Å². The number of aliphatic carboxylic acids is 1. The third-order valence-corrected chi connectivity index (χ3v) is 5.91. The quantitative estimate of drug-likeness (QED) is 0.600. The number of para-hydroxylation sites is 1. The van der Waals surface area contributed by atoms with Crippen LogP contribution in [0.25, 0.3) is 22.3 Å². The standard InChI is InChI=1S/C22H19Cl2NO5/c1-12-7-15(20-9-18(26)14-3-2-4-16(23)21(14)30-20)19(8-17(12)24)29-6-5-25-10-13(11-25)22(27)28/h2-4,7-9,13H,5-6,10-11H2,1H3,(H,27,28). The molecule has 0 amide bonds. The molecule has 3 aromatic rings. The van der Waals surface area contributed by atoms with Crippen molar-refractivity contribution in [1.82, 2.24) is 4.90 Å². The molecule has 0 bridgehead atoms. The first kappa shape index (κ1) is 20.7. The molecule has 0 atom stereocenters. The number of benzene rings is 2. The normalized spacial score (nSPS) is 14.6. The molecule has 2 aromatic carbocycles. The molecular weight excluding hydrogens is 429 g/mol. The molecule has 0 radical (unpaired) electrons. The summed E-state index contributed by atoms with van der Waals surface area (Å²) in [6, 6.07) is 9.95. The molecule has 2 heterocycles. The Kier molecular flexibility index (Phi) is 5.73. The molecule has 156 valence electrons. The van der Waals surface area contributed by atoms with Crippen LogP contribution in [0.3, 0.4) is 0 Å². The molecule has 0 unspecified atom stereocenters. The van der Waals surface area contributed by atoms with E-state index in [0.29, 0.717) is 64.3 Å². The highest BCUT2D eigenvalue weighted by atomic mass is 35.5. The first-order chi connectivity index (χ1) is 14.3. The van der Waals surface area contributed by atoms with Gasteiger partial charge in [0.05, 0.1) is 21.9 Å². The molecule has 4 rings (SSSR count). The zero-order chi connectivity index (χ0) is 21.4. The maximum Gasteiger partial charge on any atom is 0.309 e. The summed E-state index contributed by atoms with van der Waals surface area (Å²) in [6.07, 6.45) is 0. The molecule has 1 aliphatic heterocycles. The number of ether oxygens (including phenoxy) is 1. The van der Waals surface area contributed by atoms with Crippen LogP contribution in [0.1, 0.15) is 5.56 Å². The Morgan fingerprint density at radius 3 is 2.73 bits per heavy atom. The monoisotopic (exact) mass is 447 g/mol. The smallest absolute Gasteiger partial charge is 0.309 e. The Hall–Kier alpha value is -2.54. The van der Waals surface area contributed by atoms with Gasteiger partial charge in [0.1, 0.15) is 18.1 Å². The zero-order valence-electron chi connectivity index (χ0n) is 16.2. The minimum Gasteiger partial charge on any atom is -0.491 e. The van der Waals surface area contributed by atoms with E-state index < -0.39 is 5.97 Å². The van der Waals surface area contributed by atoms with Crippen LogP contribution < -0.4 is 10.2 Å². The fraction of sp³-hybridized carbons (Fsp3) is 0.273. The molecular formula is C22H19Cl2NO5. The predicted octanol–water partition coefficient (Wildman–Crippen LogP) is 4.47. The maximum atomic E-state index is 12.6. The van der Waals surface area contributed by atoms with Gasteiger partial charge in [0.15, 0.2) is 11.0 Å². The summed E-state index contributed by atoms with van der Waals surface area (Å²) in [6.45, 7) is 3.81. The number of hydrogen-bond acceptors (Lipinski definition) is 5. The highest BCUT2D eigenvalue weighted by Gasteiger charge is 2.32. The number of fused-ring (bicyclic) bond motifs is 1. The summed E-state index contributed by atoms with van der Waals surface area (Å²) < 4.78 is 11.9. The van der Waals surface area contributed by atoms with Gasteiger partial charge in [0, 0.05) is 30.7 Å². The van der Waals surface area contributed by atoms with Crippen molar-refractivity contribution in [2.24, 2.45) is 5.92 Å². The Morgan fingerprint density at radius 1 is 1.23 bits per heavy atom. The lowest BCUT2D eigenvalue weighted by Gasteiger charge is -2.36. The lowest BCUT2D eigenvalue weighted by molar-refractivity contribution is -0.147. The van der Waals surface area contributed by atoms with Crippen molar-refractivity contribution in [1.29, 1.82) is 0 Å². The van der Waals surface area contributed by atoms with Crippen molar-refractivity contribution >= 4 is 40.1 Å². The fourth-order valence-electron chi connectivity index (χ4n) is 3.44. The second-order valence-electron chi connectivity index (χ2n) is 7.33. The van der Waals surface area contributed by atoms with Crippen LogP contribution in [0.15, 0.2) is 45.6 Å². The summed E-state index contributed by atoms with van der Waals surface area (Å²) in [5, 5.41) is 10.3. The van der Waals surface area contributed by atoms with Crippen LogP contribution in [0.2, 0.25) is 10.0 Å². The largest absolute Gasteiger partial charge is 0.491 e. The van der Waals surface area contributed by atoms with E-state index in [0.717, 1.165) is 5.56 Å². The van der Waals surface area contributed by atoms with Crippen LogP contribution in [0.4, 0.5) is 0 Å². The average Bonchev–Trinajstić information content (AvgIpc) is 2.66. The van der Waals surface area contributed by atoms with Gasteiger partial charge >= 0.3 is 5.97 Å². The van der Waals surface area contributed by atoms with E-state index in [2.05, 4.69) is 0 Å². The zero-order valence-corrected chi connectivity index (χ0v) is 17.7. The number of carboxylic acid groups (broad SMARTS) is 1. The number of aryl methyl sites for hydroxylation is 1. The van der Waals surface area contributed by atoms with Crippen molar-refractivity contribution < 1.29 is 19.1 Å². The van der Waals surface area contributed by atoms with E-state index in [4.69, 9.17) is 37.5 Å². The number of halogens is 2. The number of carboxylic acids is 1. The van der Waals surface area contributed by atoms with Crippen molar-refractivity contribution in [3.8, 4) is 17.1 Å². The molecule has 0 aliphatic carbocycles. The SMILES string of the molecule is Cc1cc(-c2cc(=O)c3cccc(Cl)c3o2)c(OCCN2CC(C(=O)O)C2)cc1Cl. The number of carbonyl (C=O) groups is 1. The van der Waals surface area contributed by atoms with Crippen molar-refractivity contribution in [3.05, 3.63) is 62.2 Å². The van der Waals surface area contributed by atoms with Crippen LogP contribution in [0, 0.1) is 12.8 Å². The molecule has 30 heavy (non-hydrogen) atoms. The van der Waals surface area contributed by atoms with Gasteiger partial charge < -0.3 is 14.3 Å². The van der Waals surface area contributed by atoms with Gasteiger partial charge in [-0.2, -0.15) is 0 Å². The molecule has 6 nitrogen and oxygen atoms in total. The molecule has 1 aliphatic rings. The van der Waals surface area contributed by atoms with Crippen LogP contribution in [-0.4, -0.2) is 42.2 Å². The van der Waals surface area contributed by atoms with Crippen molar-refractivity contribution in [2.45, 2.75) is 6.92 Å². The maximum absolute atomic E-state index is 12.6. The minimum absolute atomic E-state index is 0.201. The van der Waals surface area contributed by atoms with Gasteiger partial charge in [-0.05, 0) is 36.8 Å². The summed E-state index contributed by atoms with van der Waals surface area (Å²) in [7, 11) is 0. The summed E-state index contributed by atoms with van der Waals surface area (Å²) >= 11 is 12.5. The van der Waals surface area contributed by atoms with Crippen LogP contribution in [0.5, 0.6) is 5.75 Å². The van der Waals surface area contributed by atoms with Crippen molar-refractivity contribution in [2.75, 3.05) is 26.2 Å². The second-order valence-corrected chi connectivity index (χ2v) is 8.15. The fourth-order valence-corrected chi connectivity index (χ4v) is 3.81. The van der Waals surface area contributed by atoms with E-state index in [9.17, 15) is 9.59 Å². The lowest BCUT2D eigenvalue weighted by Crippen LogP contribution is -2.51. The molecule has 0 spiro atoms. The van der Waals surface area contributed by atoms with E-state index in [1.807, 2.05) is 17.9 Å². The Bertz CT molecular complexity index is 1180. The predicted molar refractivity (Wildman–Crippen MR) is 116 cm³/mol. The Balaban J connectivity index is 1.61. The Morgan fingerprint density at radius 2 is 2.00 bits per heavy atom. The summed E-state index contributed by atoms with van der Waals surface area (Å²) in [5.74, 6) is -0.267. The van der Waals surface area contributed by atoms with E-state index >= 15 is 0 Å². The van der Waals surface area contributed by atoms with Gasteiger partial charge in [0.2, 0.25) is 0 Å². The number of nitrogens with zero attached hydrogens (tertiary/aromatic N) is 1. The number of hydrogen-bond donors (Lipinski definition) is 1. The van der Waals surface area contributed by atoms with E-state index in [1.165, 1.54) is 6.07 Å². The molecule has 0 saturated carbocycles. The summed E-state index contributed by atoms with van der Waals surface area (Å²) in [4.78, 5) is 25.5. The topological polar surface area (TPSA) is 80.0 Å². The summed E-state index contributed by atoms with van der Waals surface area (Å²) in [5.41, 5.74) is 1.53. The minimum atomic E-state index is -0.773. The Labute approximate surface area is 182 Å². The molecule has 1 fully saturated rings. The third-order valence-electron chi connectivity index (χ3n) is 5.20. The van der Waals surface area contributed by atoms with E-state index in [-0.39, 0.29) is 11.3 Å². The molecule has 1 saturated heterocycles. The first-order valence-corrected chi connectivity index (χ1v) is 10.2. The van der Waals surface area contributed by atoms with Crippen LogP contribution in [-0.2, 0) is 4.79 Å². The number of likely N-dealkylation sites (tertiary alicyclic amines) is 1. The van der Waals surface area contributed by atoms with Gasteiger partial charge in [0.25, 0.3) is 0 Å². The molecule has 1 aromatic heterocycles. The molecule has 8 heteroatoms. The van der Waals surface area contributed by atoms with Gasteiger partial charge in [-0.1, -0.05) is 29.3 Å². The first-order valence-electron chi connectivity index (χ1n) is 9.44. The third kappa shape index (κ3) is 4.03. The highest BCUT2D eigenvalue weighted by molar-refractivity contribution is 6.34. The lowest BCUT2D eigenvalue weighted by atomic mass is 10.0.